The van der Waals surface area contributed by atoms with Crippen molar-refractivity contribution in [3.8, 4) is 0 Å². The first-order valence-corrected chi connectivity index (χ1v) is 4.70. The Balaban J connectivity index is 0.000000561. The minimum atomic E-state index is -0.0643. The Morgan fingerprint density at radius 3 is 2.50 bits per heavy atom. The number of rotatable bonds is 1. The summed E-state index contributed by atoms with van der Waals surface area (Å²) in [7, 11) is 1.61. The zero-order chi connectivity index (χ0) is 9.56. The van der Waals surface area contributed by atoms with Crippen LogP contribution in [-0.4, -0.2) is 17.9 Å². The van der Waals surface area contributed by atoms with Crippen LogP contribution in [0.2, 0.25) is 0 Å². The number of aryl methyl sites for hydroxylation is 1. The van der Waals surface area contributed by atoms with Gasteiger partial charge in [0, 0.05) is 7.05 Å². The van der Waals surface area contributed by atoms with Crippen LogP contribution in [0.4, 0.5) is 0 Å². The number of amides is 1. The van der Waals surface area contributed by atoms with Gasteiger partial charge in [0.2, 0.25) is 0 Å². The average Bonchev–Trinajstić information content (AvgIpc) is 2.54. The highest BCUT2D eigenvalue weighted by molar-refractivity contribution is 7.13. The molecule has 1 aromatic heterocycles. The third-order valence-corrected chi connectivity index (χ3v) is 1.98. The molecule has 12 heavy (non-hydrogen) atoms. The van der Waals surface area contributed by atoms with Crippen molar-refractivity contribution >= 4 is 17.2 Å². The lowest BCUT2D eigenvalue weighted by atomic mass is 10.5. The van der Waals surface area contributed by atoms with E-state index in [9.17, 15) is 4.79 Å². The molecule has 0 atom stereocenters. The van der Waals surface area contributed by atoms with Gasteiger partial charge in [0.15, 0.2) is 0 Å². The standard InChI is InChI=1S/C6H8N2OS.C2H6/c1-4-8-3-5(10-4)6(9)7-2;1-2/h3H,1-2H3,(H,7,9);1-2H3. The lowest BCUT2D eigenvalue weighted by Gasteiger charge is -1.89. The van der Waals surface area contributed by atoms with Crippen LogP contribution in [-0.2, 0) is 0 Å². The first-order valence-electron chi connectivity index (χ1n) is 3.88. The van der Waals surface area contributed by atoms with Crippen LogP contribution in [0.15, 0.2) is 6.20 Å². The average molecular weight is 186 g/mol. The van der Waals surface area contributed by atoms with Crippen molar-refractivity contribution < 1.29 is 4.79 Å². The van der Waals surface area contributed by atoms with E-state index in [2.05, 4.69) is 10.3 Å². The van der Waals surface area contributed by atoms with Crippen molar-refractivity contribution in [2.45, 2.75) is 20.8 Å². The fourth-order valence-electron chi connectivity index (χ4n) is 0.590. The molecule has 1 aromatic rings. The maximum absolute atomic E-state index is 10.9. The number of carbonyl (C=O) groups is 1. The third-order valence-electron chi connectivity index (χ3n) is 1.07. The van der Waals surface area contributed by atoms with Gasteiger partial charge in [-0.1, -0.05) is 13.8 Å². The van der Waals surface area contributed by atoms with E-state index in [1.165, 1.54) is 11.3 Å². The molecule has 0 saturated carbocycles. The molecule has 4 heteroatoms. The summed E-state index contributed by atoms with van der Waals surface area (Å²) in [5.74, 6) is -0.0643. The molecular formula is C8H14N2OS. The van der Waals surface area contributed by atoms with Gasteiger partial charge < -0.3 is 5.32 Å². The molecule has 1 amide bonds. The summed E-state index contributed by atoms with van der Waals surface area (Å²) < 4.78 is 0. The lowest BCUT2D eigenvalue weighted by Crippen LogP contribution is -2.16. The van der Waals surface area contributed by atoms with E-state index >= 15 is 0 Å². The van der Waals surface area contributed by atoms with E-state index in [0.29, 0.717) is 4.88 Å². The highest BCUT2D eigenvalue weighted by Crippen LogP contribution is 2.10. The first-order chi connectivity index (χ1) is 5.74. The van der Waals surface area contributed by atoms with Gasteiger partial charge in [-0.05, 0) is 6.92 Å². The zero-order valence-electron chi connectivity index (χ0n) is 7.84. The number of nitrogens with zero attached hydrogens (tertiary/aromatic N) is 1. The normalized spacial score (nSPS) is 8.33. The quantitative estimate of drug-likeness (QED) is 0.727. The summed E-state index contributed by atoms with van der Waals surface area (Å²) in [6.07, 6.45) is 1.58. The van der Waals surface area contributed by atoms with Crippen LogP contribution in [0.25, 0.3) is 0 Å². The molecular weight excluding hydrogens is 172 g/mol. The molecule has 1 rings (SSSR count). The minimum Gasteiger partial charge on any atom is -0.354 e. The van der Waals surface area contributed by atoms with Gasteiger partial charge in [-0.2, -0.15) is 0 Å². The lowest BCUT2D eigenvalue weighted by molar-refractivity contribution is 0.0967. The fourth-order valence-corrected chi connectivity index (χ4v) is 1.31. The van der Waals surface area contributed by atoms with E-state index in [1.807, 2.05) is 20.8 Å². The van der Waals surface area contributed by atoms with Gasteiger partial charge in [-0.15, -0.1) is 11.3 Å². The maximum Gasteiger partial charge on any atom is 0.262 e. The number of hydrogen-bond donors (Lipinski definition) is 1. The number of nitrogens with one attached hydrogen (secondary N) is 1. The molecule has 0 radical (unpaired) electrons. The highest BCUT2D eigenvalue weighted by Gasteiger charge is 2.04. The Kier molecular flexibility index (Phi) is 5.28. The number of aromatic nitrogens is 1. The molecule has 0 spiro atoms. The van der Waals surface area contributed by atoms with Crippen LogP contribution < -0.4 is 5.32 Å². The third kappa shape index (κ3) is 3.00. The molecule has 1 N–H and O–H groups in total. The summed E-state index contributed by atoms with van der Waals surface area (Å²) in [4.78, 5) is 15.5. The summed E-state index contributed by atoms with van der Waals surface area (Å²) in [5.41, 5.74) is 0. The predicted octanol–water partition coefficient (Wildman–Crippen LogP) is 1.84. The maximum atomic E-state index is 10.9. The largest absolute Gasteiger partial charge is 0.354 e. The molecule has 0 aliphatic heterocycles. The topological polar surface area (TPSA) is 42.0 Å². The van der Waals surface area contributed by atoms with E-state index in [1.54, 1.807) is 13.2 Å². The van der Waals surface area contributed by atoms with Crippen LogP contribution in [0.1, 0.15) is 28.5 Å². The van der Waals surface area contributed by atoms with Gasteiger partial charge in [0.05, 0.1) is 11.2 Å². The van der Waals surface area contributed by atoms with Crippen molar-refractivity contribution in [3.63, 3.8) is 0 Å². The van der Waals surface area contributed by atoms with Gasteiger partial charge in [-0.25, -0.2) is 4.98 Å². The van der Waals surface area contributed by atoms with Crippen molar-refractivity contribution in [2.24, 2.45) is 0 Å². The van der Waals surface area contributed by atoms with Crippen molar-refractivity contribution in [1.29, 1.82) is 0 Å². The fraction of sp³-hybridized carbons (Fsp3) is 0.500. The van der Waals surface area contributed by atoms with E-state index in [0.717, 1.165) is 5.01 Å². The van der Waals surface area contributed by atoms with E-state index < -0.39 is 0 Å². The highest BCUT2D eigenvalue weighted by atomic mass is 32.1. The first kappa shape index (κ1) is 11.1. The second kappa shape index (κ2) is 5.71. The Morgan fingerprint density at radius 2 is 2.17 bits per heavy atom. The number of carbonyl (C=O) groups excluding carboxylic acids is 1. The van der Waals surface area contributed by atoms with Crippen LogP contribution in [0, 0.1) is 6.92 Å². The minimum absolute atomic E-state index is 0.0643. The summed E-state index contributed by atoms with van der Waals surface area (Å²) in [6, 6.07) is 0. The molecule has 1 heterocycles. The van der Waals surface area contributed by atoms with Gasteiger partial charge >= 0.3 is 0 Å². The number of hydrogen-bond acceptors (Lipinski definition) is 3. The Bertz CT molecular complexity index is 245. The van der Waals surface area contributed by atoms with Crippen molar-refractivity contribution in [1.82, 2.24) is 10.3 Å². The molecule has 68 valence electrons. The Morgan fingerprint density at radius 1 is 1.58 bits per heavy atom. The summed E-state index contributed by atoms with van der Waals surface area (Å²) in [5, 5.41) is 3.44. The second-order valence-electron chi connectivity index (χ2n) is 1.82. The summed E-state index contributed by atoms with van der Waals surface area (Å²) >= 11 is 1.40. The predicted molar refractivity (Wildman–Crippen MR) is 51.6 cm³/mol. The molecule has 0 unspecified atom stereocenters. The molecule has 3 nitrogen and oxygen atoms in total. The van der Waals surface area contributed by atoms with Crippen LogP contribution in [0.5, 0.6) is 0 Å². The van der Waals surface area contributed by atoms with E-state index in [4.69, 9.17) is 0 Å². The zero-order valence-corrected chi connectivity index (χ0v) is 8.66. The molecule has 0 fully saturated rings. The number of thiazole rings is 1. The second-order valence-corrected chi connectivity index (χ2v) is 3.06. The molecule has 0 saturated heterocycles. The van der Waals surface area contributed by atoms with Gasteiger partial charge in [-0.3, -0.25) is 4.79 Å². The smallest absolute Gasteiger partial charge is 0.262 e. The molecule has 0 aliphatic rings. The van der Waals surface area contributed by atoms with E-state index in [-0.39, 0.29) is 5.91 Å². The Hall–Kier alpha value is -0.900. The van der Waals surface area contributed by atoms with Crippen molar-refractivity contribution in [3.05, 3.63) is 16.1 Å². The molecule has 0 bridgehead atoms. The SMILES string of the molecule is CC.CNC(=O)c1cnc(C)s1. The summed E-state index contributed by atoms with van der Waals surface area (Å²) in [6.45, 7) is 5.87. The van der Waals surface area contributed by atoms with Gasteiger partial charge in [0.1, 0.15) is 4.88 Å². The van der Waals surface area contributed by atoms with Crippen molar-refractivity contribution in [2.75, 3.05) is 7.05 Å². The molecule has 0 aromatic carbocycles. The van der Waals surface area contributed by atoms with Crippen LogP contribution in [0.3, 0.4) is 0 Å². The monoisotopic (exact) mass is 186 g/mol. The van der Waals surface area contributed by atoms with Gasteiger partial charge in [0.25, 0.3) is 5.91 Å². The molecule has 0 aliphatic carbocycles. The van der Waals surface area contributed by atoms with Crippen LogP contribution >= 0.6 is 11.3 Å². The Labute approximate surface area is 76.8 Å².